The molecule has 0 bridgehead atoms. The molecule has 0 spiro atoms. The molecule has 0 aromatic rings. The summed E-state index contributed by atoms with van der Waals surface area (Å²) in [6.45, 7) is 1.90. The quantitative estimate of drug-likeness (QED) is 0.639. The van der Waals surface area contributed by atoms with Crippen LogP contribution in [0.15, 0.2) is 0 Å². The van der Waals surface area contributed by atoms with E-state index < -0.39 is 12.0 Å². The van der Waals surface area contributed by atoms with Crippen molar-refractivity contribution in [3.8, 4) is 0 Å². The number of aliphatic carboxylic acids is 1. The average molecular weight is 257 g/mol. The van der Waals surface area contributed by atoms with Gasteiger partial charge in [0.05, 0.1) is 12.7 Å². The summed E-state index contributed by atoms with van der Waals surface area (Å²) >= 11 is 0. The van der Waals surface area contributed by atoms with Crippen LogP contribution in [0, 0.1) is 0 Å². The summed E-state index contributed by atoms with van der Waals surface area (Å²) in [6.07, 6.45) is 6.33. The highest BCUT2D eigenvalue weighted by Gasteiger charge is 2.27. The van der Waals surface area contributed by atoms with E-state index in [-0.39, 0.29) is 6.10 Å². The van der Waals surface area contributed by atoms with Gasteiger partial charge in [0.2, 0.25) is 0 Å². The highest BCUT2D eigenvalue weighted by Crippen LogP contribution is 2.20. The molecule has 2 fully saturated rings. The fourth-order valence-electron chi connectivity index (χ4n) is 2.17. The first-order valence-corrected chi connectivity index (χ1v) is 6.94. The molecular weight excluding hydrogens is 234 g/mol. The van der Waals surface area contributed by atoms with Crippen LogP contribution in [0.5, 0.6) is 0 Å². The molecule has 2 rings (SSSR count). The van der Waals surface area contributed by atoms with Crippen LogP contribution in [0.1, 0.15) is 38.5 Å². The number of ether oxygens (including phenoxy) is 2. The Hall–Kier alpha value is -0.650. The molecule has 2 N–H and O–H groups in total. The number of hydrogen-bond donors (Lipinski definition) is 2. The fourth-order valence-corrected chi connectivity index (χ4v) is 2.17. The molecule has 1 aliphatic heterocycles. The van der Waals surface area contributed by atoms with Gasteiger partial charge in [-0.05, 0) is 38.5 Å². The number of carbonyl (C=O) groups is 1. The molecule has 1 saturated heterocycles. The highest BCUT2D eigenvalue weighted by atomic mass is 16.5. The van der Waals surface area contributed by atoms with Crippen molar-refractivity contribution in [2.75, 3.05) is 19.8 Å². The Bertz CT molecular complexity index is 262. The molecule has 2 unspecified atom stereocenters. The van der Waals surface area contributed by atoms with Gasteiger partial charge in [-0.2, -0.15) is 0 Å². The van der Waals surface area contributed by atoms with Crippen LogP contribution in [-0.4, -0.2) is 49.1 Å². The lowest BCUT2D eigenvalue weighted by Gasteiger charge is -2.22. The predicted octanol–water partition coefficient (Wildman–Crippen LogP) is 1.17. The molecule has 1 aliphatic carbocycles. The smallest absolute Gasteiger partial charge is 0.320 e. The van der Waals surface area contributed by atoms with Gasteiger partial charge in [0, 0.05) is 19.3 Å². The van der Waals surface area contributed by atoms with Crippen molar-refractivity contribution < 1.29 is 19.4 Å². The van der Waals surface area contributed by atoms with E-state index in [9.17, 15) is 4.79 Å². The summed E-state index contributed by atoms with van der Waals surface area (Å²) in [4.78, 5) is 11.0. The third-order valence-corrected chi connectivity index (χ3v) is 3.44. The minimum absolute atomic E-state index is 0.207. The van der Waals surface area contributed by atoms with Crippen LogP contribution < -0.4 is 5.32 Å². The summed E-state index contributed by atoms with van der Waals surface area (Å²) < 4.78 is 11.1. The van der Waals surface area contributed by atoms with Crippen molar-refractivity contribution in [3.63, 3.8) is 0 Å². The van der Waals surface area contributed by atoms with Crippen LogP contribution in [0.3, 0.4) is 0 Å². The van der Waals surface area contributed by atoms with Crippen molar-refractivity contribution in [3.05, 3.63) is 0 Å². The Labute approximate surface area is 108 Å². The third kappa shape index (κ3) is 4.92. The normalized spacial score (nSPS) is 25.9. The molecule has 0 radical (unpaired) electrons. The molecule has 104 valence electrons. The monoisotopic (exact) mass is 257 g/mol. The first kappa shape index (κ1) is 13.8. The standard InChI is InChI=1S/C13H23NO4/c15-13(16)12(14-10-4-5-10)6-8-17-9-11-3-1-2-7-18-11/h10-12,14H,1-9H2,(H,15,16). The van der Waals surface area contributed by atoms with E-state index in [1.54, 1.807) is 0 Å². The number of hydrogen-bond acceptors (Lipinski definition) is 4. The first-order valence-electron chi connectivity index (χ1n) is 6.94. The zero-order valence-corrected chi connectivity index (χ0v) is 10.8. The minimum Gasteiger partial charge on any atom is -0.480 e. The molecule has 5 heteroatoms. The molecule has 1 saturated carbocycles. The van der Waals surface area contributed by atoms with Crippen LogP contribution in [0.2, 0.25) is 0 Å². The average Bonchev–Trinajstić information content (AvgIpc) is 3.18. The second-order valence-electron chi connectivity index (χ2n) is 5.18. The maximum Gasteiger partial charge on any atom is 0.320 e. The van der Waals surface area contributed by atoms with Crippen molar-refractivity contribution in [2.24, 2.45) is 0 Å². The van der Waals surface area contributed by atoms with Gasteiger partial charge in [0.15, 0.2) is 0 Å². The van der Waals surface area contributed by atoms with E-state index >= 15 is 0 Å². The van der Waals surface area contributed by atoms with Crippen LogP contribution in [-0.2, 0) is 14.3 Å². The van der Waals surface area contributed by atoms with E-state index in [4.69, 9.17) is 14.6 Å². The lowest BCUT2D eigenvalue weighted by atomic mass is 10.1. The summed E-state index contributed by atoms with van der Waals surface area (Å²) in [5.41, 5.74) is 0. The van der Waals surface area contributed by atoms with Gasteiger partial charge in [-0.1, -0.05) is 0 Å². The maximum absolute atomic E-state index is 11.0. The summed E-state index contributed by atoms with van der Waals surface area (Å²) in [5.74, 6) is -0.778. The van der Waals surface area contributed by atoms with E-state index in [0.29, 0.717) is 25.7 Å². The Morgan fingerprint density at radius 1 is 1.39 bits per heavy atom. The van der Waals surface area contributed by atoms with Gasteiger partial charge in [0.1, 0.15) is 6.04 Å². The highest BCUT2D eigenvalue weighted by molar-refractivity contribution is 5.73. The first-order chi connectivity index (χ1) is 8.75. The number of carboxylic acid groups (broad SMARTS) is 1. The molecule has 0 aromatic carbocycles. The Kier molecular flexibility index (Phi) is 5.41. The zero-order valence-electron chi connectivity index (χ0n) is 10.8. The van der Waals surface area contributed by atoms with E-state index in [2.05, 4.69) is 5.32 Å². The summed E-state index contributed by atoms with van der Waals surface area (Å²) in [6, 6.07) is -0.0578. The number of rotatable bonds is 8. The van der Waals surface area contributed by atoms with Gasteiger partial charge >= 0.3 is 5.97 Å². The van der Waals surface area contributed by atoms with E-state index in [1.807, 2.05) is 0 Å². The number of carboxylic acids is 1. The second kappa shape index (κ2) is 7.07. The Morgan fingerprint density at radius 2 is 2.22 bits per heavy atom. The number of nitrogens with one attached hydrogen (secondary N) is 1. The summed E-state index contributed by atoms with van der Waals surface area (Å²) in [7, 11) is 0. The Balaban J connectivity index is 1.55. The lowest BCUT2D eigenvalue weighted by Crippen LogP contribution is -2.39. The second-order valence-corrected chi connectivity index (χ2v) is 5.18. The lowest BCUT2D eigenvalue weighted by molar-refractivity contribution is -0.140. The van der Waals surface area contributed by atoms with Crippen molar-refractivity contribution >= 4 is 5.97 Å². The molecule has 2 atom stereocenters. The topological polar surface area (TPSA) is 67.8 Å². The molecule has 5 nitrogen and oxygen atoms in total. The van der Waals surface area contributed by atoms with E-state index in [1.165, 1.54) is 6.42 Å². The molecule has 0 aromatic heterocycles. The van der Waals surface area contributed by atoms with Crippen molar-refractivity contribution in [1.29, 1.82) is 0 Å². The van der Waals surface area contributed by atoms with Crippen molar-refractivity contribution in [1.82, 2.24) is 5.32 Å². The van der Waals surface area contributed by atoms with Gasteiger partial charge in [-0.25, -0.2) is 0 Å². The molecule has 2 aliphatic rings. The van der Waals surface area contributed by atoms with Crippen molar-refractivity contribution in [2.45, 2.75) is 56.7 Å². The minimum atomic E-state index is -0.778. The van der Waals surface area contributed by atoms with Crippen LogP contribution in [0.25, 0.3) is 0 Å². The van der Waals surface area contributed by atoms with Gasteiger partial charge in [0.25, 0.3) is 0 Å². The van der Waals surface area contributed by atoms with Gasteiger partial charge in [-0.15, -0.1) is 0 Å². The van der Waals surface area contributed by atoms with Gasteiger partial charge in [-0.3, -0.25) is 4.79 Å². The summed E-state index contributed by atoms with van der Waals surface area (Å²) in [5, 5.41) is 12.2. The largest absolute Gasteiger partial charge is 0.480 e. The molecule has 1 heterocycles. The van der Waals surface area contributed by atoms with E-state index in [0.717, 1.165) is 32.3 Å². The zero-order chi connectivity index (χ0) is 12.8. The van der Waals surface area contributed by atoms with Gasteiger partial charge < -0.3 is 19.9 Å². The predicted molar refractivity (Wildman–Crippen MR) is 66.6 cm³/mol. The molecular formula is C13H23NO4. The van der Waals surface area contributed by atoms with Crippen LogP contribution >= 0.6 is 0 Å². The SMILES string of the molecule is O=C(O)C(CCOCC1CCCCO1)NC1CC1. The van der Waals surface area contributed by atoms with Crippen LogP contribution in [0.4, 0.5) is 0 Å². The Morgan fingerprint density at radius 3 is 2.83 bits per heavy atom. The molecule has 0 amide bonds. The third-order valence-electron chi connectivity index (χ3n) is 3.44. The maximum atomic E-state index is 11.0. The fraction of sp³-hybridized carbons (Fsp3) is 0.923. The molecule has 18 heavy (non-hydrogen) atoms.